The van der Waals surface area contributed by atoms with Gasteiger partial charge < -0.3 is 15.8 Å². The molecule has 0 aromatic carbocycles. The van der Waals surface area contributed by atoms with Crippen LogP contribution in [0.4, 0.5) is 0 Å². The van der Waals surface area contributed by atoms with Crippen molar-refractivity contribution in [2.75, 3.05) is 19.7 Å². The molecule has 3 N–H and O–H groups in total. The first-order valence-electron chi connectivity index (χ1n) is 6.15. The molecule has 0 saturated carbocycles. The van der Waals surface area contributed by atoms with Crippen molar-refractivity contribution >= 4 is 17.2 Å². The van der Waals surface area contributed by atoms with E-state index >= 15 is 0 Å². The van der Waals surface area contributed by atoms with Gasteiger partial charge in [-0.05, 0) is 13.8 Å². The molecule has 6 heteroatoms. The predicted molar refractivity (Wildman–Crippen MR) is 72.7 cm³/mol. The first-order chi connectivity index (χ1) is 8.65. The van der Waals surface area contributed by atoms with Crippen LogP contribution in [-0.2, 0) is 16.0 Å². The van der Waals surface area contributed by atoms with Crippen LogP contribution in [0.2, 0.25) is 0 Å². The number of aromatic nitrogens is 1. The van der Waals surface area contributed by atoms with Gasteiger partial charge in [0.2, 0.25) is 5.91 Å². The summed E-state index contributed by atoms with van der Waals surface area (Å²) in [6.07, 6.45) is 0.898. The Bertz CT molecular complexity index is 368. The molecule has 1 aromatic rings. The van der Waals surface area contributed by atoms with Crippen LogP contribution in [0.1, 0.15) is 24.0 Å². The van der Waals surface area contributed by atoms with E-state index in [2.05, 4.69) is 10.3 Å². The number of hydrogen-bond acceptors (Lipinski definition) is 5. The lowest BCUT2D eigenvalue weighted by molar-refractivity contribution is -0.123. The smallest absolute Gasteiger partial charge is 0.222 e. The van der Waals surface area contributed by atoms with Crippen LogP contribution in [0.3, 0.4) is 0 Å². The summed E-state index contributed by atoms with van der Waals surface area (Å²) in [4.78, 5) is 16.0. The summed E-state index contributed by atoms with van der Waals surface area (Å²) in [7, 11) is 0. The zero-order valence-corrected chi connectivity index (χ0v) is 11.8. The molecule has 1 heterocycles. The molecule has 0 radical (unpaired) electrons. The summed E-state index contributed by atoms with van der Waals surface area (Å²) in [6.45, 7) is 5.41. The largest absolute Gasteiger partial charge is 0.377 e. The maximum atomic E-state index is 11.6. The second-order valence-corrected chi connectivity index (χ2v) is 5.04. The summed E-state index contributed by atoms with van der Waals surface area (Å²) in [5, 5.41) is 5.92. The highest BCUT2D eigenvalue weighted by molar-refractivity contribution is 7.09. The highest BCUT2D eigenvalue weighted by Crippen LogP contribution is 2.07. The van der Waals surface area contributed by atoms with Crippen LogP contribution in [-0.4, -0.2) is 36.7 Å². The average Bonchev–Trinajstić information content (AvgIpc) is 2.74. The van der Waals surface area contributed by atoms with Crippen LogP contribution in [0, 0.1) is 6.92 Å². The van der Waals surface area contributed by atoms with Crippen molar-refractivity contribution < 1.29 is 9.53 Å². The molecule has 1 amide bonds. The SMILES string of the molecule is CCOC(CN)CC(=O)NCCc1csc(C)n1. The monoisotopic (exact) mass is 271 g/mol. The summed E-state index contributed by atoms with van der Waals surface area (Å²) in [6, 6.07) is 0. The molecule has 1 unspecified atom stereocenters. The number of thiazole rings is 1. The van der Waals surface area contributed by atoms with Crippen LogP contribution >= 0.6 is 11.3 Å². The van der Waals surface area contributed by atoms with Gasteiger partial charge in [0.15, 0.2) is 0 Å². The molecule has 5 nitrogen and oxygen atoms in total. The lowest BCUT2D eigenvalue weighted by Gasteiger charge is -2.14. The van der Waals surface area contributed by atoms with Crippen LogP contribution < -0.4 is 11.1 Å². The lowest BCUT2D eigenvalue weighted by Crippen LogP contribution is -2.33. The number of ether oxygens (including phenoxy) is 1. The van der Waals surface area contributed by atoms with Crippen molar-refractivity contribution in [1.82, 2.24) is 10.3 Å². The minimum absolute atomic E-state index is 0.0224. The van der Waals surface area contributed by atoms with Crippen molar-refractivity contribution in [3.63, 3.8) is 0 Å². The molecule has 0 saturated heterocycles. The first-order valence-corrected chi connectivity index (χ1v) is 7.03. The highest BCUT2D eigenvalue weighted by Gasteiger charge is 2.11. The molecule has 1 atom stereocenters. The van der Waals surface area contributed by atoms with E-state index in [1.54, 1.807) is 11.3 Å². The van der Waals surface area contributed by atoms with Gasteiger partial charge in [-0.2, -0.15) is 0 Å². The maximum Gasteiger partial charge on any atom is 0.222 e. The van der Waals surface area contributed by atoms with Gasteiger partial charge in [0.05, 0.1) is 23.2 Å². The molecule has 0 aliphatic rings. The fourth-order valence-electron chi connectivity index (χ4n) is 1.58. The third kappa shape index (κ3) is 5.57. The number of amides is 1. The number of carbonyl (C=O) groups excluding carboxylic acids is 1. The molecule has 0 aliphatic heterocycles. The van der Waals surface area contributed by atoms with E-state index in [-0.39, 0.29) is 12.0 Å². The van der Waals surface area contributed by atoms with E-state index in [0.29, 0.717) is 26.1 Å². The minimum atomic E-state index is -0.184. The Kier molecular flexibility index (Phi) is 6.85. The molecular formula is C12H21N3O2S. The quantitative estimate of drug-likeness (QED) is 0.735. The van der Waals surface area contributed by atoms with E-state index in [1.807, 2.05) is 19.2 Å². The molecular weight excluding hydrogens is 250 g/mol. The zero-order chi connectivity index (χ0) is 13.4. The second kappa shape index (κ2) is 8.18. The third-order valence-electron chi connectivity index (χ3n) is 2.45. The topological polar surface area (TPSA) is 77.2 Å². The Labute approximate surface area is 112 Å². The molecule has 102 valence electrons. The van der Waals surface area contributed by atoms with Crippen molar-refractivity contribution in [3.05, 3.63) is 16.1 Å². The fraction of sp³-hybridized carbons (Fsp3) is 0.667. The molecule has 0 spiro atoms. The van der Waals surface area contributed by atoms with Gasteiger partial charge in [-0.25, -0.2) is 4.98 Å². The Morgan fingerprint density at radius 2 is 2.44 bits per heavy atom. The normalized spacial score (nSPS) is 12.4. The van der Waals surface area contributed by atoms with Gasteiger partial charge in [-0.3, -0.25) is 4.79 Å². The van der Waals surface area contributed by atoms with Crippen LogP contribution in [0.15, 0.2) is 5.38 Å². The average molecular weight is 271 g/mol. The summed E-state index contributed by atoms with van der Waals surface area (Å²) >= 11 is 1.62. The van der Waals surface area contributed by atoms with Crippen LogP contribution in [0.25, 0.3) is 0 Å². The first kappa shape index (κ1) is 15.1. The van der Waals surface area contributed by atoms with E-state index in [4.69, 9.17) is 10.5 Å². The maximum absolute atomic E-state index is 11.6. The fourth-order valence-corrected chi connectivity index (χ4v) is 2.23. The van der Waals surface area contributed by atoms with E-state index in [1.165, 1.54) is 0 Å². The van der Waals surface area contributed by atoms with Gasteiger partial charge in [0, 0.05) is 31.5 Å². The molecule has 18 heavy (non-hydrogen) atoms. The van der Waals surface area contributed by atoms with E-state index in [0.717, 1.165) is 17.1 Å². The number of hydrogen-bond donors (Lipinski definition) is 2. The standard InChI is InChI=1S/C12H21N3O2S/c1-3-17-11(7-13)6-12(16)14-5-4-10-8-18-9(2)15-10/h8,11H,3-7,13H2,1-2H3,(H,14,16). The Morgan fingerprint density at radius 1 is 1.67 bits per heavy atom. The van der Waals surface area contributed by atoms with E-state index in [9.17, 15) is 4.79 Å². The number of nitrogens with two attached hydrogens (primary N) is 1. The molecule has 0 bridgehead atoms. The summed E-state index contributed by atoms with van der Waals surface area (Å²) < 4.78 is 5.33. The second-order valence-electron chi connectivity index (χ2n) is 3.97. The third-order valence-corrected chi connectivity index (χ3v) is 3.27. The van der Waals surface area contributed by atoms with Crippen LogP contribution in [0.5, 0.6) is 0 Å². The summed E-state index contributed by atoms with van der Waals surface area (Å²) in [5.41, 5.74) is 6.54. The lowest BCUT2D eigenvalue weighted by atomic mass is 10.2. The molecule has 0 aliphatic carbocycles. The van der Waals surface area contributed by atoms with Gasteiger partial charge in [0.25, 0.3) is 0 Å². The van der Waals surface area contributed by atoms with Crippen molar-refractivity contribution in [1.29, 1.82) is 0 Å². The Balaban J connectivity index is 2.20. The number of rotatable bonds is 8. The van der Waals surface area contributed by atoms with Gasteiger partial charge in [0.1, 0.15) is 0 Å². The van der Waals surface area contributed by atoms with Crippen molar-refractivity contribution in [2.24, 2.45) is 5.73 Å². The summed E-state index contributed by atoms with van der Waals surface area (Å²) in [5.74, 6) is -0.0224. The Hall–Kier alpha value is -0.980. The number of carbonyl (C=O) groups is 1. The minimum Gasteiger partial charge on any atom is -0.377 e. The number of aryl methyl sites for hydroxylation is 1. The molecule has 1 rings (SSSR count). The molecule has 1 aromatic heterocycles. The highest BCUT2D eigenvalue weighted by atomic mass is 32.1. The Morgan fingerprint density at radius 3 is 3.00 bits per heavy atom. The molecule has 0 fully saturated rings. The van der Waals surface area contributed by atoms with Crippen molar-refractivity contribution in [2.45, 2.75) is 32.8 Å². The van der Waals surface area contributed by atoms with E-state index < -0.39 is 0 Å². The number of nitrogens with one attached hydrogen (secondary N) is 1. The van der Waals surface area contributed by atoms with Gasteiger partial charge in [-0.15, -0.1) is 11.3 Å². The zero-order valence-electron chi connectivity index (χ0n) is 10.9. The van der Waals surface area contributed by atoms with Crippen molar-refractivity contribution in [3.8, 4) is 0 Å². The number of nitrogens with zero attached hydrogens (tertiary/aromatic N) is 1. The van der Waals surface area contributed by atoms with Gasteiger partial charge >= 0.3 is 0 Å². The predicted octanol–water partition coefficient (Wildman–Crippen LogP) is 0.864. The van der Waals surface area contributed by atoms with Gasteiger partial charge in [-0.1, -0.05) is 0 Å².